The Bertz CT molecular complexity index is 474. The molecule has 28 heavy (non-hydrogen) atoms. The molecule has 0 aromatic rings. The topological polar surface area (TPSA) is 58.7 Å². The molecule has 2 unspecified atom stereocenters. The Hall–Kier alpha value is 0.584. The van der Waals surface area contributed by atoms with Crippen molar-refractivity contribution in [3.8, 4) is 0 Å². The van der Waals surface area contributed by atoms with E-state index in [0.29, 0.717) is 12.8 Å². The van der Waals surface area contributed by atoms with Crippen LogP contribution in [0.2, 0.25) is 72.0 Å². The summed E-state index contributed by atoms with van der Waals surface area (Å²) >= 11 is 0. The van der Waals surface area contributed by atoms with E-state index in [1.54, 1.807) is 0 Å². The largest absolute Gasteiger partial charge is 0.437 e. The first-order chi connectivity index (χ1) is 12.4. The third-order valence-corrected chi connectivity index (χ3v) is 20.0. The molecule has 0 amide bonds. The highest BCUT2D eigenvalue weighted by atomic mass is 28.5. The molecule has 1 heterocycles. The molecule has 1 fully saturated rings. The van der Waals surface area contributed by atoms with E-state index < -0.39 is 42.3 Å². The lowest BCUT2D eigenvalue weighted by molar-refractivity contribution is 0.128. The standard InChI is InChI=1S/C15H40O6Si5.C2H4/c1-22(2,3)18-24(7,8)20-25(9,10)21-26(11,19-23(4,5)6)14-16-12-15-13-17-15;1-2/h15H,12-14H2,1-11H3;1-2H2. The van der Waals surface area contributed by atoms with Gasteiger partial charge in [-0.25, -0.2) is 0 Å². The molecule has 0 aromatic carbocycles. The van der Waals surface area contributed by atoms with Crippen LogP contribution >= 0.6 is 0 Å². The summed E-state index contributed by atoms with van der Waals surface area (Å²) in [5, 5.41) is 0. The highest BCUT2D eigenvalue weighted by Crippen LogP contribution is 2.26. The fourth-order valence-corrected chi connectivity index (χ4v) is 25.7. The average Bonchev–Trinajstić information content (AvgIpc) is 3.16. The van der Waals surface area contributed by atoms with Crippen molar-refractivity contribution in [1.82, 2.24) is 0 Å². The van der Waals surface area contributed by atoms with Crippen molar-refractivity contribution in [2.45, 2.75) is 78.1 Å². The van der Waals surface area contributed by atoms with Crippen LogP contribution in [0.3, 0.4) is 0 Å². The molecule has 0 spiro atoms. The first-order valence-electron chi connectivity index (χ1n) is 9.90. The summed E-state index contributed by atoms with van der Waals surface area (Å²) in [6.45, 7) is 31.1. The average molecular weight is 485 g/mol. The number of epoxide rings is 1. The molecule has 1 saturated heterocycles. The summed E-state index contributed by atoms with van der Waals surface area (Å²) < 4.78 is 37.1. The van der Waals surface area contributed by atoms with Crippen molar-refractivity contribution in [1.29, 1.82) is 0 Å². The van der Waals surface area contributed by atoms with E-state index in [1.807, 2.05) is 0 Å². The Kier molecular flexibility index (Phi) is 11.0. The SMILES string of the molecule is C=C.C[Si](C)(C)O[Si](C)(C)O[Si](C)(C)O[Si](C)(COCC1CO1)O[Si](C)(C)C. The molecule has 0 N–H and O–H groups in total. The van der Waals surface area contributed by atoms with Gasteiger partial charge >= 0.3 is 25.7 Å². The second-order valence-corrected chi connectivity index (χ2v) is 29.9. The molecular formula is C17H44O6Si5. The van der Waals surface area contributed by atoms with Gasteiger partial charge in [0.05, 0.1) is 19.4 Å². The normalized spacial score (nSPS) is 20.2. The van der Waals surface area contributed by atoms with Gasteiger partial charge in [0.2, 0.25) is 0 Å². The van der Waals surface area contributed by atoms with Gasteiger partial charge in [0, 0.05) is 0 Å². The van der Waals surface area contributed by atoms with Crippen molar-refractivity contribution in [3.05, 3.63) is 13.2 Å². The molecule has 11 heteroatoms. The molecule has 1 rings (SSSR count). The van der Waals surface area contributed by atoms with Gasteiger partial charge in [-0.15, -0.1) is 13.2 Å². The van der Waals surface area contributed by atoms with Crippen LogP contribution in [0, 0.1) is 0 Å². The lowest BCUT2D eigenvalue weighted by Gasteiger charge is -2.42. The van der Waals surface area contributed by atoms with Crippen LogP contribution in [-0.4, -0.2) is 67.9 Å². The molecular weight excluding hydrogens is 441 g/mol. The van der Waals surface area contributed by atoms with Gasteiger partial charge in [0.25, 0.3) is 0 Å². The minimum atomic E-state index is -2.52. The smallest absolute Gasteiger partial charge is 0.342 e. The molecule has 168 valence electrons. The van der Waals surface area contributed by atoms with Crippen LogP contribution in [0.1, 0.15) is 0 Å². The van der Waals surface area contributed by atoms with Crippen LogP contribution in [0.5, 0.6) is 0 Å². The second-order valence-electron chi connectivity index (χ2n) is 10.0. The molecule has 2 atom stereocenters. The van der Waals surface area contributed by atoms with E-state index in [2.05, 4.69) is 85.2 Å². The van der Waals surface area contributed by atoms with Crippen LogP contribution in [0.15, 0.2) is 13.2 Å². The third kappa shape index (κ3) is 14.5. The fraction of sp³-hybridized carbons (Fsp3) is 0.882. The fourth-order valence-electron chi connectivity index (χ4n) is 3.16. The molecule has 0 aliphatic carbocycles. The van der Waals surface area contributed by atoms with Crippen molar-refractivity contribution in [3.63, 3.8) is 0 Å². The van der Waals surface area contributed by atoms with Gasteiger partial charge in [-0.05, 0) is 72.0 Å². The number of hydrogen-bond acceptors (Lipinski definition) is 6. The van der Waals surface area contributed by atoms with Crippen LogP contribution < -0.4 is 0 Å². The van der Waals surface area contributed by atoms with Crippen molar-refractivity contribution < 1.29 is 25.9 Å². The van der Waals surface area contributed by atoms with Crippen LogP contribution in [0.4, 0.5) is 0 Å². The first kappa shape index (κ1) is 28.6. The van der Waals surface area contributed by atoms with Crippen molar-refractivity contribution >= 4 is 42.3 Å². The van der Waals surface area contributed by atoms with Gasteiger partial charge in [0.1, 0.15) is 6.10 Å². The summed E-state index contributed by atoms with van der Waals surface area (Å²) in [5.74, 6) is 0. The Morgan fingerprint density at radius 2 is 1.14 bits per heavy atom. The highest BCUT2D eigenvalue weighted by Gasteiger charge is 2.47. The molecule has 1 aliphatic heterocycles. The molecule has 1 aliphatic rings. The predicted molar refractivity (Wildman–Crippen MR) is 129 cm³/mol. The Morgan fingerprint density at radius 3 is 1.54 bits per heavy atom. The minimum Gasteiger partial charge on any atom is -0.437 e. The molecule has 0 aromatic heterocycles. The monoisotopic (exact) mass is 484 g/mol. The van der Waals surface area contributed by atoms with Crippen LogP contribution in [0.25, 0.3) is 0 Å². The summed E-state index contributed by atoms with van der Waals surface area (Å²) in [5.41, 5.74) is 0. The maximum Gasteiger partial charge on any atom is 0.342 e. The molecule has 0 bridgehead atoms. The number of rotatable bonds is 12. The second kappa shape index (κ2) is 10.8. The first-order valence-corrected chi connectivity index (χ1v) is 24.9. The van der Waals surface area contributed by atoms with E-state index >= 15 is 0 Å². The maximum absolute atomic E-state index is 6.63. The van der Waals surface area contributed by atoms with E-state index in [1.165, 1.54) is 0 Å². The zero-order valence-corrected chi connectivity index (χ0v) is 25.1. The predicted octanol–water partition coefficient (Wildman–Crippen LogP) is 4.96. The van der Waals surface area contributed by atoms with Gasteiger partial charge in [0.15, 0.2) is 16.6 Å². The van der Waals surface area contributed by atoms with E-state index in [-0.39, 0.29) is 6.10 Å². The molecule has 0 saturated carbocycles. The minimum absolute atomic E-state index is 0.248. The zero-order valence-electron chi connectivity index (χ0n) is 20.1. The van der Waals surface area contributed by atoms with E-state index in [0.717, 1.165) is 6.61 Å². The van der Waals surface area contributed by atoms with Gasteiger partial charge < -0.3 is 25.9 Å². The molecule has 0 radical (unpaired) electrons. The summed E-state index contributed by atoms with van der Waals surface area (Å²) in [7, 11) is -10.6. The highest BCUT2D eigenvalue weighted by molar-refractivity contribution is 6.90. The maximum atomic E-state index is 6.63. The number of hydrogen-bond donors (Lipinski definition) is 0. The third-order valence-electron chi connectivity index (χ3n) is 3.10. The number of ether oxygens (including phenoxy) is 2. The van der Waals surface area contributed by atoms with Crippen LogP contribution in [-0.2, 0) is 25.9 Å². The van der Waals surface area contributed by atoms with E-state index in [9.17, 15) is 0 Å². The Labute approximate surface area is 178 Å². The lowest BCUT2D eigenvalue weighted by Crippen LogP contribution is -2.60. The summed E-state index contributed by atoms with van der Waals surface area (Å²) in [6, 6.07) is 0. The van der Waals surface area contributed by atoms with Crippen molar-refractivity contribution in [2.75, 3.05) is 19.4 Å². The van der Waals surface area contributed by atoms with Gasteiger partial charge in [-0.2, -0.15) is 0 Å². The van der Waals surface area contributed by atoms with Crippen molar-refractivity contribution in [2.24, 2.45) is 0 Å². The van der Waals surface area contributed by atoms with E-state index in [4.69, 9.17) is 25.9 Å². The zero-order chi connectivity index (χ0) is 22.4. The Balaban J connectivity index is 0.00000352. The molecule has 6 nitrogen and oxygen atoms in total. The van der Waals surface area contributed by atoms with Gasteiger partial charge in [-0.1, -0.05) is 0 Å². The quantitative estimate of drug-likeness (QED) is 0.222. The summed E-state index contributed by atoms with van der Waals surface area (Å²) in [6.07, 6.45) is 0.756. The summed E-state index contributed by atoms with van der Waals surface area (Å²) in [4.78, 5) is 0. The lowest BCUT2D eigenvalue weighted by atomic mass is 10.5. The Morgan fingerprint density at radius 1 is 0.714 bits per heavy atom. The van der Waals surface area contributed by atoms with Gasteiger partial charge in [-0.3, -0.25) is 0 Å².